The predicted octanol–water partition coefficient (Wildman–Crippen LogP) is -0.250. The van der Waals surface area contributed by atoms with E-state index in [9.17, 15) is 0 Å². The van der Waals surface area contributed by atoms with Crippen molar-refractivity contribution in [3.8, 4) is 0 Å². The molecule has 0 fully saturated rings. The minimum absolute atomic E-state index is 0.0243. The Hall–Kier alpha value is -0.120. The fraction of sp³-hybridized carbons (Fsp3) is 1.00. The van der Waals surface area contributed by atoms with E-state index in [0.29, 0.717) is 12.8 Å². The van der Waals surface area contributed by atoms with Crippen molar-refractivity contribution >= 4 is 0 Å². The molecule has 3 nitrogen and oxygen atoms in total. The molecule has 0 aromatic heterocycles. The lowest BCUT2D eigenvalue weighted by Crippen LogP contribution is -2.26. The zero-order valence-corrected chi connectivity index (χ0v) is 6.38. The zero-order valence-electron chi connectivity index (χ0n) is 6.38. The summed E-state index contributed by atoms with van der Waals surface area (Å²) in [7, 11) is 0. The zero-order chi connectivity index (χ0) is 8.04. The third kappa shape index (κ3) is 3.15. The summed E-state index contributed by atoms with van der Waals surface area (Å²) in [6.07, 6.45) is 1.30. The summed E-state index contributed by atoms with van der Waals surface area (Å²) in [5.74, 6) is 0. The Morgan fingerprint density at radius 3 is 1.90 bits per heavy atom. The van der Waals surface area contributed by atoms with Crippen molar-refractivity contribution in [2.75, 3.05) is 19.8 Å². The van der Waals surface area contributed by atoms with Crippen LogP contribution in [0.2, 0.25) is 0 Å². The second kappa shape index (κ2) is 4.66. The molecule has 0 aliphatic carbocycles. The molecule has 0 saturated heterocycles. The molecule has 0 atom stereocenters. The van der Waals surface area contributed by atoms with Crippen LogP contribution in [-0.2, 0) is 0 Å². The van der Waals surface area contributed by atoms with Gasteiger partial charge in [-0.25, -0.2) is 0 Å². The molecule has 0 amide bonds. The van der Waals surface area contributed by atoms with E-state index in [1.165, 1.54) is 0 Å². The van der Waals surface area contributed by atoms with Crippen molar-refractivity contribution in [2.24, 2.45) is 5.41 Å². The van der Waals surface area contributed by atoms with Gasteiger partial charge in [0.15, 0.2) is 0 Å². The number of hydrogen-bond donors (Lipinski definition) is 3. The second-order valence-corrected chi connectivity index (χ2v) is 2.95. The third-order valence-corrected chi connectivity index (χ3v) is 1.70. The topological polar surface area (TPSA) is 60.7 Å². The largest absolute Gasteiger partial charge is 0.396 e. The van der Waals surface area contributed by atoms with Crippen LogP contribution in [0.5, 0.6) is 0 Å². The minimum atomic E-state index is -0.414. The van der Waals surface area contributed by atoms with Gasteiger partial charge in [0.25, 0.3) is 0 Å². The van der Waals surface area contributed by atoms with E-state index in [1.807, 2.05) is 0 Å². The van der Waals surface area contributed by atoms with Crippen LogP contribution in [-0.4, -0.2) is 35.1 Å². The maximum absolute atomic E-state index is 8.77. The Bertz CT molecular complexity index is 78.9. The van der Waals surface area contributed by atoms with E-state index < -0.39 is 5.41 Å². The molecule has 0 saturated carbocycles. The summed E-state index contributed by atoms with van der Waals surface area (Å²) in [4.78, 5) is 0. The molecule has 3 N–H and O–H groups in total. The van der Waals surface area contributed by atoms with Crippen LogP contribution in [0, 0.1) is 5.41 Å². The van der Waals surface area contributed by atoms with Gasteiger partial charge in [-0.2, -0.15) is 0 Å². The van der Waals surface area contributed by atoms with Crippen LogP contribution in [0.1, 0.15) is 19.8 Å². The maximum Gasteiger partial charge on any atom is 0.0506 e. The fourth-order valence-electron chi connectivity index (χ4n) is 0.714. The van der Waals surface area contributed by atoms with Crippen LogP contribution >= 0.6 is 0 Å². The van der Waals surface area contributed by atoms with Crippen LogP contribution < -0.4 is 0 Å². The van der Waals surface area contributed by atoms with Gasteiger partial charge in [-0.1, -0.05) is 6.92 Å². The molecule has 62 valence electrons. The van der Waals surface area contributed by atoms with E-state index in [4.69, 9.17) is 15.3 Å². The first kappa shape index (κ1) is 9.88. The number of rotatable bonds is 5. The molecule has 10 heavy (non-hydrogen) atoms. The quantitative estimate of drug-likeness (QED) is 0.504. The lowest BCUT2D eigenvalue weighted by Gasteiger charge is -2.23. The molecule has 0 rings (SSSR count). The summed E-state index contributed by atoms with van der Waals surface area (Å²) in [5.41, 5.74) is -0.414. The highest BCUT2D eigenvalue weighted by molar-refractivity contribution is 4.71. The highest BCUT2D eigenvalue weighted by Crippen LogP contribution is 2.20. The maximum atomic E-state index is 8.77. The minimum Gasteiger partial charge on any atom is -0.396 e. The van der Waals surface area contributed by atoms with E-state index >= 15 is 0 Å². The molecule has 0 aromatic carbocycles. The van der Waals surface area contributed by atoms with Crippen LogP contribution in [0.25, 0.3) is 0 Å². The molecule has 3 heteroatoms. The first-order valence-corrected chi connectivity index (χ1v) is 3.51. The first-order valence-electron chi connectivity index (χ1n) is 3.51. The number of aliphatic hydroxyl groups excluding tert-OH is 3. The molecule has 0 aliphatic rings. The standard InChI is InChI=1S/C7H16O3/c1-7(5-9,6-10)3-2-4-8/h8-10H,2-6H2,1H3. The van der Waals surface area contributed by atoms with E-state index in [0.717, 1.165) is 0 Å². The normalized spacial score (nSPS) is 12.0. The van der Waals surface area contributed by atoms with Gasteiger partial charge in [-0.05, 0) is 12.8 Å². The van der Waals surface area contributed by atoms with E-state index in [1.54, 1.807) is 6.92 Å². The van der Waals surface area contributed by atoms with Gasteiger partial charge >= 0.3 is 0 Å². The monoisotopic (exact) mass is 148 g/mol. The lowest BCUT2D eigenvalue weighted by atomic mass is 9.88. The van der Waals surface area contributed by atoms with Crippen molar-refractivity contribution < 1.29 is 15.3 Å². The summed E-state index contributed by atoms with van der Waals surface area (Å²) in [6, 6.07) is 0. The van der Waals surface area contributed by atoms with Gasteiger partial charge in [0.2, 0.25) is 0 Å². The molecule has 0 bridgehead atoms. The Morgan fingerprint density at radius 2 is 1.60 bits per heavy atom. The Morgan fingerprint density at radius 1 is 1.10 bits per heavy atom. The van der Waals surface area contributed by atoms with Gasteiger partial charge in [0, 0.05) is 12.0 Å². The molecule has 0 radical (unpaired) electrons. The van der Waals surface area contributed by atoms with Crippen LogP contribution in [0.4, 0.5) is 0 Å². The Balaban J connectivity index is 3.58. The van der Waals surface area contributed by atoms with Crippen LogP contribution in [0.15, 0.2) is 0 Å². The molecule has 0 aromatic rings. The first-order chi connectivity index (χ1) is 4.68. The van der Waals surface area contributed by atoms with Crippen molar-refractivity contribution in [1.29, 1.82) is 0 Å². The summed E-state index contributed by atoms with van der Waals surface area (Å²) in [5, 5.41) is 26.0. The second-order valence-electron chi connectivity index (χ2n) is 2.95. The Kier molecular flexibility index (Phi) is 4.60. The van der Waals surface area contributed by atoms with Gasteiger partial charge in [-0.3, -0.25) is 0 Å². The molecule has 0 unspecified atom stereocenters. The highest BCUT2D eigenvalue weighted by Gasteiger charge is 2.20. The molecule has 0 aliphatic heterocycles. The number of aliphatic hydroxyl groups is 3. The predicted molar refractivity (Wildman–Crippen MR) is 38.6 cm³/mol. The van der Waals surface area contributed by atoms with E-state index in [-0.39, 0.29) is 19.8 Å². The summed E-state index contributed by atoms with van der Waals surface area (Å²) in [6.45, 7) is 1.87. The Labute approximate surface area is 61.3 Å². The van der Waals surface area contributed by atoms with Crippen molar-refractivity contribution in [3.05, 3.63) is 0 Å². The smallest absolute Gasteiger partial charge is 0.0506 e. The molecule has 0 spiro atoms. The fourth-order valence-corrected chi connectivity index (χ4v) is 0.714. The van der Waals surface area contributed by atoms with Gasteiger partial charge < -0.3 is 15.3 Å². The van der Waals surface area contributed by atoms with Gasteiger partial charge in [0.05, 0.1) is 13.2 Å². The highest BCUT2D eigenvalue weighted by atomic mass is 16.3. The van der Waals surface area contributed by atoms with Crippen molar-refractivity contribution in [1.82, 2.24) is 0 Å². The SMILES string of the molecule is CC(CO)(CO)CCCO. The average Bonchev–Trinajstić information content (AvgIpc) is 2.00. The number of hydrogen-bond acceptors (Lipinski definition) is 3. The third-order valence-electron chi connectivity index (χ3n) is 1.70. The molecular weight excluding hydrogens is 132 g/mol. The molecular formula is C7H16O3. The van der Waals surface area contributed by atoms with Gasteiger partial charge in [0.1, 0.15) is 0 Å². The van der Waals surface area contributed by atoms with Crippen LogP contribution in [0.3, 0.4) is 0 Å². The van der Waals surface area contributed by atoms with E-state index in [2.05, 4.69) is 0 Å². The average molecular weight is 148 g/mol. The van der Waals surface area contributed by atoms with Gasteiger partial charge in [-0.15, -0.1) is 0 Å². The van der Waals surface area contributed by atoms with Crippen molar-refractivity contribution in [3.63, 3.8) is 0 Å². The lowest BCUT2D eigenvalue weighted by molar-refractivity contribution is 0.0568. The summed E-state index contributed by atoms with van der Waals surface area (Å²) >= 11 is 0. The summed E-state index contributed by atoms with van der Waals surface area (Å²) < 4.78 is 0. The molecule has 0 heterocycles. The van der Waals surface area contributed by atoms with Crippen molar-refractivity contribution in [2.45, 2.75) is 19.8 Å².